The Balaban J connectivity index is 2.25. The van der Waals surface area contributed by atoms with Gasteiger partial charge in [-0.1, -0.05) is 16.6 Å². The van der Waals surface area contributed by atoms with Crippen molar-refractivity contribution >= 4 is 15.9 Å². The van der Waals surface area contributed by atoms with Crippen LogP contribution in [0.5, 0.6) is 5.75 Å². The minimum atomic E-state index is -4.00. The molecule has 0 atom stereocenters. The Labute approximate surface area is 151 Å². The van der Waals surface area contributed by atoms with E-state index in [9.17, 15) is 17.6 Å². The van der Waals surface area contributed by atoms with E-state index in [1.165, 1.54) is 51.6 Å². The minimum Gasteiger partial charge on any atom is -0.495 e. The van der Waals surface area contributed by atoms with Gasteiger partial charge in [0.05, 0.1) is 14.2 Å². The summed E-state index contributed by atoms with van der Waals surface area (Å²) in [5.74, 6) is -0.759. The van der Waals surface area contributed by atoms with E-state index >= 15 is 0 Å². The normalized spacial score (nSPS) is 11.4. The largest absolute Gasteiger partial charge is 0.495 e. The maximum Gasteiger partial charge on any atom is 0.268 e. The summed E-state index contributed by atoms with van der Waals surface area (Å²) in [6, 6.07) is 9.73. The predicted octanol–water partition coefficient (Wildman–Crippen LogP) is 1.95. The Morgan fingerprint density at radius 1 is 1.15 bits per heavy atom. The second kappa shape index (κ2) is 8.26. The van der Waals surface area contributed by atoms with Crippen LogP contribution < -0.4 is 10.1 Å². The highest BCUT2D eigenvalue weighted by molar-refractivity contribution is 7.89. The zero-order valence-corrected chi connectivity index (χ0v) is 15.3. The van der Waals surface area contributed by atoms with E-state index in [1.807, 2.05) is 0 Å². The van der Waals surface area contributed by atoms with Crippen molar-refractivity contribution < 1.29 is 27.2 Å². The average molecular weight is 382 g/mol. The summed E-state index contributed by atoms with van der Waals surface area (Å²) >= 11 is 0. The van der Waals surface area contributed by atoms with Gasteiger partial charge < -0.3 is 10.1 Å². The van der Waals surface area contributed by atoms with Crippen LogP contribution in [0.25, 0.3) is 0 Å². The lowest BCUT2D eigenvalue weighted by molar-refractivity contribution is -0.0259. The van der Waals surface area contributed by atoms with Crippen molar-refractivity contribution in [3.63, 3.8) is 0 Å². The maximum atomic E-state index is 12.9. The Kier molecular flexibility index (Phi) is 6.30. The van der Waals surface area contributed by atoms with Crippen LogP contribution in [0, 0.1) is 5.82 Å². The number of amides is 1. The van der Waals surface area contributed by atoms with Crippen molar-refractivity contribution in [3.8, 4) is 5.75 Å². The molecule has 0 fully saturated rings. The molecular formula is C17H19FN2O5S. The van der Waals surface area contributed by atoms with E-state index in [-0.39, 0.29) is 28.6 Å². The molecule has 0 aliphatic heterocycles. The molecule has 0 spiro atoms. The standard InChI is InChI=1S/C17H19FN2O5S/c1-20(25-3)26(22,23)16-10-13(6-9-15(16)24-2)17(21)19-11-12-4-7-14(18)8-5-12/h4-10H,11H2,1-3H3,(H,19,21). The van der Waals surface area contributed by atoms with Crippen molar-refractivity contribution in [2.24, 2.45) is 0 Å². The molecule has 1 amide bonds. The first-order chi connectivity index (χ1) is 12.3. The van der Waals surface area contributed by atoms with Gasteiger partial charge in [0.2, 0.25) is 0 Å². The highest BCUT2D eigenvalue weighted by atomic mass is 32.2. The molecule has 26 heavy (non-hydrogen) atoms. The Hall–Kier alpha value is -2.49. The van der Waals surface area contributed by atoms with Gasteiger partial charge in [0.25, 0.3) is 15.9 Å². The lowest BCUT2D eigenvalue weighted by Gasteiger charge is -2.17. The van der Waals surface area contributed by atoms with Crippen molar-refractivity contribution in [2.45, 2.75) is 11.4 Å². The van der Waals surface area contributed by atoms with Gasteiger partial charge in [-0.2, -0.15) is 0 Å². The number of rotatable bonds is 7. The number of nitrogens with one attached hydrogen (secondary N) is 1. The Morgan fingerprint density at radius 3 is 2.38 bits per heavy atom. The Morgan fingerprint density at radius 2 is 1.81 bits per heavy atom. The van der Waals surface area contributed by atoms with Gasteiger partial charge in [-0.15, -0.1) is 0 Å². The summed E-state index contributed by atoms with van der Waals surface area (Å²) in [7, 11) is -0.223. The third-order valence-corrected chi connectivity index (χ3v) is 5.37. The summed E-state index contributed by atoms with van der Waals surface area (Å²) in [5, 5.41) is 2.65. The summed E-state index contributed by atoms with van der Waals surface area (Å²) in [6.07, 6.45) is 0. The summed E-state index contributed by atoms with van der Waals surface area (Å²) < 4.78 is 43.6. The molecule has 140 valence electrons. The molecule has 2 aromatic carbocycles. The molecular weight excluding hydrogens is 363 g/mol. The molecule has 0 unspecified atom stereocenters. The fourth-order valence-electron chi connectivity index (χ4n) is 2.14. The first-order valence-corrected chi connectivity index (χ1v) is 8.97. The van der Waals surface area contributed by atoms with Crippen LogP contribution in [-0.4, -0.2) is 40.1 Å². The first kappa shape index (κ1) is 19.8. The summed E-state index contributed by atoms with van der Waals surface area (Å²) in [6.45, 7) is 0.172. The highest BCUT2D eigenvalue weighted by Gasteiger charge is 2.26. The van der Waals surface area contributed by atoms with E-state index in [0.717, 1.165) is 0 Å². The van der Waals surface area contributed by atoms with Crippen LogP contribution in [0.4, 0.5) is 4.39 Å². The number of carbonyl (C=O) groups excluding carboxylic acids is 1. The van der Waals surface area contributed by atoms with Crippen LogP contribution in [0.1, 0.15) is 15.9 Å². The number of carbonyl (C=O) groups is 1. The van der Waals surface area contributed by atoms with E-state index in [2.05, 4.69) is 5.32 Å². The minimum absolute atomic E-state index is 0.0870. The second-order valence-electron chi connectivity index (χ2n) is 5.27. The van der Waals surface area contributed by atoms with Crippen LogP contribution in [0.3, 0.4) is 0 Å². The molecule has 0 aliphatic rings. The van der Waals surface area contributed by atoms with Gasteiger partial charge in [-0.3, -0.25) is 9.63 Å². The van der Waals surface area contributed by atoms with Crippen LogP contribution in [0.15, 0.2) is 47.4 Å². The van der Waals surface area contributed by atoms with Gasteiger partial charge in [0.15, 0.2) is 0 Å². The molecule has 0 saturated heterocycles. The number of nitrogens with zero attached hydrogens (tertiary/aromatic N) is 1. The number of hydrogen-bond donors (Lipinski definition) is 1. The quantitative estimate of drug-likeness (QED) is 0.740. The number of hydrogen-bond acceptors (Lipinski definition) is 5. The zero-order chi connectivity index (χ0) is 19.3. The third-order valence-electron chi connectivity index (χ3n) is 3.67. The van der Waals surface area contributed by atoms with Gasteiger partial charge in [0, 0.05) is 19.2 Å². The topological polar surface area (TPSA) is 84.9 Å². The molecule has 0 aromatic heterocycles. The lowest BCUT2D eigenvalue weighted by atomic mass is 10.2. The zero-order valence-electron chi connectivity index (χ0n) is 14.5. The van der Waals surface area contributed by atoms with E-state index in [4.69, 9.17) is 9.57 Å². The molecule has 1 N–H and O–H groups in total. The monoisotopic (exact) mass is 382 g/mol. The molecule has 0 saturated carbocycles. The van der Waals surface area contributed by atoms with Crippen molar-refractivity contribution in [2.75, 3.05) is 21.3 Å². The number of halogens is 1. The number of methoxy groups -OCH3 is 1. The smallest absolute Gasteiger partial charge is 0.268 e. The van der Waals surface area contributed by atoms with E-state index in [1.54, 1.807) is 12.1 Å². The van der Waals surface area contributed by atoms with Crippen molar-refractivity contribution in [1.29, 1.82) is 0 Å². The van der Waals surface area contributed by atoms with Crippen LogP contribution in [-0.2, 0) is 21.4 Å². The van der Waals surface area contributed by atoms with Gasteiger partial charge in [-0.25, -0.2) is 12.8 Å². The number of ether oxygens (including phenoxy) is 1. The maximum absolute atomic E-state index is 12.9. The average Bonchev–Trinajstić information content (AvgIpc) is 2.65. The van der Waals surface area contributed by atoms with Crippen LogP contribution >= 0.6 is 0 Å². The van der Waals surface area contributed by atoms with Gasteiger partial charge in [0.1, 0.15) is 16.5 Å². The lowest BCUT2D eigenvalue weighted by Crippen LogP contribution is -2.27. The predicted molar refractivity (Wildman–Crippen MR) is 92.5 cm³/mol. The molecule has 0 heterocycles. The number of hydroxylamine groups is 1. The summed E-state index contributed by atoms with van der Waals surface area (Å²) in [5.41, 5.74) is 0.844. The molecule has 2 aromatic rings. The molecule has 2 rings (SSSR count). The number of benzene rings is 2. The summed E-state index contributed by atoms with van der Waals surface area (Å²) in [4.78, 5) is 16.9. The molecule has 0 aliphatic carbocycles. The first-order valence-electron chi connectivity index (χ1n) is 7.53. The molecule has 0 radical (unpaired) electrons. The molecule has 9 heteroatoms. The second-order valence-corrected chi connectivity index (χ2v) is 7.18. The fourth-order valence-corrected chi connectivity index (χ4v) is 3.30. The van der Waals surface area contributed by atoms with Crippen LogP contribution in [0.2, 0.25) is 0 Å². The Bertz CT molecular complexity index is 885. The SMILES string of the molecule is COc1ccc(C(=O)NCc2ccc(F)cc2)cc1S(=O)(=O)N(C)OC. The molecule has 0 bridgehead atoms. The molecule has 7 nitrogen and oxygen atoms in total. The van der Waals surface area contributed by atoms with E-state index in [0.29, 0.717) is 10.0 Å². The van der Waals surface area contributed by atoms with E-state index < -0.39 is 15.9 Å². The van der Waals surface area contributed by atoms with Gasteiger partial charge in [-0.05, 0) is 35.9 Å². The third kappa shape index (κ3) is 4.37. The highest BCUT2D eigenvalue weighted by Crippen LogP contribution is 2.27. The number of sulfonamides is 1. The fraction of sp³-hybridized carbons (Fsp3) is 0.235. The van der Waals surface area contributed by atoms with Crippen molar-refractivity contribution in [1.82, 2.24) is 9.79 Å². The van der Waals surface area contributed by atoms with Crippen molar-refractivity contribution in [3.05, 3.63) is 59.4 Å². The van der Waals surface area contributed by atoms with Gasteiger partial charge >= 0.3 is 0 Å².